The second-order valence-electron chi connectivity index (χ2n) is 6.09. The summed E-state index contributed by atoms with van der Waals surface area (Å²) in [5, 5.41) is 7.75. The summed E-state index contributed by atoms with van der Waals surface area (Å²) in [6.07, 6.45) is 4.23. The number of amides is 1. The Balaban J connectivity index is 1.38. The highest BCUT2D eigenvalue weighted by molar-refractivity contribution is 7.99. The van der Waals surface area contributed by atoms with Crippen LogP contribution < -0.4 is 10.6 Å². The van der Waals surface area contributed by atoms with Crippen molar-refractivity contribution in [3.8, 4) is 0 Å². The molecule has 1 saturated heterocycles. The first-order chi connectivity index (χ1) is 10.8. The molecule has 2 fully saturated rings. The molecule has 1 aromatic carbocycles. The molecule has 114 valence electrons. The highest BCUT2D eigenvalue weighted by atomic mass is 32.2. The zero-order valence-electron chi connectivity index (χ0n) is 12.2. The van der Waals surface area contributed by atoms with E-state index in [0.29, 0.717) is 12.1 Å². The van der Waals surface area contributed by atoms with E-state index in [0.717, 1.165) is 34.4 Å². The molecule has 2 bridgehead atoms. The molecule has 1 saturated carbocycles. The van der Waals surface area contributed by atoms with Gasteiger partial charge in [-0.2, -0.15) is 0 Å². The highest BCUT2D eigenvalue weighted by Gasteiger charge is 2.39. The maximum Gasteiger partial charge on any atom is 0.251 e. The SMILES string of the molecule is O=C(NC1CC2CNC1C2)c1ccc(Sc2ccc[nH]2)cc1. The topological polar surface area (TPSA) is 56.9 Å². The van der Waals surface area contributed by atoms with Crippen LogP contribution in [0.15, 0.2) is 52.5 Å². The molecule has 5 heteroatoms. The molecule has 2 aliphatic rings. The Hall–Kier alpha value is -1.72. The molecule has 1 aromatic heterocycles. The molecule has 0 spiro atoms. The Kier molecular flexibility index (Phi) is 3.68. The van der Waals surface area contributed by atoms with Crippen LogP contribution in [0.5, 0.6) is 0 Å². The van der Waals surface area contributed by atoms with Crippen molar-refractivity contribution >= 4 is 17.7 Å². The van der Waals surface area contributed by atoms with E-state index in [9.17, 15) is 4.79 Å². The summed E-state index contributed by atoms with van der Waals surface area (Å²) >= 11 is 1.66. The third-order valence-electron chi connectivity index (χ3n) is 4.56. The molecule has 2 heterocycles. The summed E-state index contributed by atoms with van der Waals surface area (Å²) in [5.41, 5.74) is 0.735. The predicted octanol–water partition coefficient (Wildman–Crippen LogP) is 2.65. The third-order valence-corrected chi connectivity index (χ3v) is 5.54. The Morgan fingerprint density at radius 1 is 1.18 bits per heavy atom. The lowest BCUT2D eigenvalue weighted by molar-refractivity contribution is 0.0928. The molecule has 3 atom stereocenters. The molecule has 2 aromatic rings. The van der Waals surface area contributed by atoms with Crippen molar-refractivity contribution in [2.75, 3.05) is 6.54 Å². The van der Waals surface area contributed by atoms with Crippen LogP contribution in [0.3, 0.4) is 0 Å². The van der Waals surface area contributed by atoms with Gasteiger partial charge in [-0.25, -0.2) is 0 Å². The highest BCUT2D eigenvalue weighted by Crippen LogP contribution is 2.31. The lowest BCUT2D eigenvalue weighted by atomic mass is 10.1. The summed E-state index contributed by atoms with van der Waals surface area (Å²) in [4.78, 5) is 16.6. The maximum absolute atomic E-state index is 12.4. The molecule has 3 N–H and O–H groups in total. The zero-order valence-corrected chi connectivity index (χ0v) is 13.0. The van der Waals surface area contributed by atoms with Gasteiger partial charge in [-0.1, -0.05) is 11.8 Å². The van der Waals surface area contributed by atoms with E-state index in [1.165, 1.54) is 6.42 Å². The molecule has 3 unspecified atom stereocenters. The molecule has 1 aliphatic heterocycles. The average molecular weight is 313 g/mol. The van der Waals surface area contributed by atoms with Gasteiger partial charge >= 0.3 is 0 Å². The van der Waals surface area contributed by atoms with Crippen molar-refractivity contribution < 1.29 is 4.79 Å². The van der Waals surface area contributed by atoms with Gasteiger partial charge in [0, 0.05) is 28.7 Å². The van der Waals surface area contributed by atoms with Crippen LogP contribution in [-0.2, 0) is 0 Å². The van der Waals surface area contributed by atoms with Crippen LogP contribution in [0.4, 0.5) is 0 Å². The van der Waals surface area contributed by atoms with Gasteiger partial charge in [-0.05, 0) is 61.7 Å². The standard InChI is InChI=1S/C17H19N3OS/c21-17(20-15-9-11-8-14(15)19-10-11)12-3-5-13(6-4-12)22-16-2-1-7-18-16/h1-7,11,14-15,18-19H,8-10H2,(H,20,21). The first-order valence-electron chi connectivity index (χ1n) is 7.73. The van der Waals surface area contributed by atoms with Crippen LogP contribution in [0.25, 0.3) is 0 Å². The van der Waals surface area contributed by atoms with Crippen molar-refractivity contribution in [3.63, 3.8) is 0 Å². The summed E-state index contributed by atoms with van der Waals surface area (Å²) < 4.78 is 0. The minimum Gasteiger partial charge on any atom is -0.356 e. The monoisotopic (exact) mass is 313 g/mol. The zero-order chi connectivity index (χ0) is 14.9. The van der Waals surface area contributed by atoms with Crippen molar-refractivity contribution in [2.45, 2.75) is 34.8 Å². The minimum atomic E-state index is 0.0378. The van der Waals surface area contributed by atoms with Crippen LogP contribution in [-0.4, -0.2) is 29.5 Å². The fraction of sp³-hybridized carbons (Fsp3) is 0.353. The second kappa shape index (κ2) is 5.82. The first-order valence-corrected chi connectivity index (χ1v) is 8.55. The molecule has 1 aliphatic carbocycles. The largest absolute Gasteiger partial charge is 0.356 e. The Labute approximate surface area is 134 Å². The number of benzene rings is 1. The van der Waals surface area contributed by atoms with E-state index >= 15 is 0 Å². The molecule has 22 heavy (non-hydrogen) atoms. The second-order valence-corrected chi connectivity index (χ2v) is 7.21. The average Bonchev–Trinajstić information content (AvgIpc) is 3.25. The molecular formula is C17H19N3OS. The number of aromatic amines is 1. The molecule has 0 radical (unpaired) electrons. The van der Waals surface area contributed by atoms with Crippen LogP contribution in [0, 0.1) is 5.92 Å². The normalized spacial score (nSPS) is 26.3. The molecular weight excluding hydrogens is 294 g/mol. The van der Waals surface area contributed by atoms with Gasteiger partial charge in [0.05, 0.1) is 5.03 Å². The number of carbonyl (C=O) groups is 1. The molecule has 4 nitrogen and oxygen atoms in total. The Morgan fingerprint density at radius 2 is 2.05 bits per heavy atom. The maximum atomic E-state index is 12.4. The van der Waals surface area contributed by atoms with E-state index < -0.39 is 0 Å². The van der Waals surface area contributed by atoms with Crippen molar-refractivity contribution in [1.29, 1.82) is 0 Å². The van der Waals surface area contributed by atoms with Crippen LogP contribution in [0.2, 0.25) is 0 Å². The Morgan fingerprint density at radius 3 is 2.68 bits per heavy atom. The number of aromatic nitrogens is 1. The van der Waals surface area contributed by atoms with Crippen molar-refractivity contribution in [2.24, 2.45) is 5.92 Å². The fourth-order valence-corrected chi connectivity index (χ4v) is 4.24. The lowest BCUT2D eigenvalue weighted by Crippen LogP contribution is -2.47. The fourth-order valence-electron chi connectivity index (χ4n) is 3.44. The van der Waals surface area contributed by atoms with E-state index in [1.54, 1.807) is 11.8 Å². The summed E-state index contributed by atoms with van der Waals surface area (Å²) in [5.74, 6) is 0.783. The lowest BCUT2D eigenvalue weighted by Gasteiger charge is -2.24. The van der Waals surface area contributed by atoms with E-state index in [1.807, 2.05) is 42.6 Å². The number of piperidine rings is 1. The number of carbonyl (C=O) groups excluding carboxylic acids is 1. The van der Waals surface area contributed by atoms with Gasteiger partial charge in [0.25, 0.3) is 5.91 Å². The van der Waals surface area contributed by atoms with Gasteiger partial charge in [0.15, 0.2) is 0 Å². The molecule has 4 rings (SSSR count). The van der Waals surface area contributed by atoms with Gasteiger partial charge in [-0.3, -0.25) is 4.79 Å². The minimum absolute atomic E-state index is 0.0378. The summed E-state index contributed by atoms with van der Waals surface area (Å²) in [6, 6.07) is 12.6. The van der Waals surface area contributed by atoms with Gasteiger partial charge in [-0.15, -0.1) is 0 Å². The van der Waals surface area contributed by atoms with Crippen molar-refractivity contribution in [3.05, 3.63) is 48.2 Å². The summed E-state index contributed by atoms with van der Waals surface area (Å²) in [7, 11) is 0. The van der Waals surface area contributed by atoms with E-state index in [2.05, 4.69) is 15.6 Å². The van der Waals surface area contributed by atoms with E-state index in [-0.39, 0.29) is 5.91 Å². The van der Waals surface area contributed by atoms with Crippen molar-refractivity contribution in [1.82, 2.24) is 15.6 Å². The van der Waals surface area contributed by atoms with Crippen LogP contribution in [0.1, 0.15) is 23.2 Å². The smallest absolute Gasteiger partial charge is 0.251 e. The van der Waals surface area contributed by atoms with Crippen LogP contribution >= 0.6 is 11.8 Å². The number of rotatable bonds is 4. The first kappa shape index (κ1) is 13.9. The van der Waals surface area contributed by atoms with Gasteiger partial charge in [0.2, 0.25) is 0 Å². The number of hydrogen-bond acceptors (Lipinski definition) is 3. The third kappa shape index (κ3) is 2.78. The number of H-pyrrole nitrogens is 1. The Bertz CT molecular complexity index is 653. The summed E-state index contributed by atoms with van der Waals surface area (Å²) in [6.45, 7) is 1.11. The number of nitrogens with one attached hydrogen (secondary N) is 3. The van der Waals surface area contributed by atoms with Gasteiger partial charge < -0.3 is 15.6 Å². The number of fused-ring (bicyclic) bond motifs is 2. The number of hydrogen-bond donors (Lipinski definition) is 3. The molecule has 1 amide bonds. The van der Waals surface area contributed by atoms with E-state index in [4.69, 9.17) is 0 Å². The predicted molar refractivity (Wildman–Crippen MR) is 87.1 cm³/mol. The quantitative estimate of drug-likeness (QED) is 0.813. The van der Waals surface area contributed by atoms with Gasteiger partial charge in [0.1, 0.15) is 0 Å².